The monoisotopic (exact) mass is 369 g/mol. The first-order valence-electron chi connectivity index (χ1n) is 9.62. The molecule has 2 fully saturated rings. The summed E-state index contributed by atoms with van der Waals surface area (Å²) in [6.07, 6.45) is 3.95. The van der Waals surface area contributed by atoms with Crippen LogP contribution in [-0.4, -0.2) is 62.5 Å². The highest BCUT2D eigenvalue weighted by atomic mass is 16.5. The molecule has 0 bridgehead atoms. The molecule has 0 radical (unpaired) electrons. The number of morpholine rings is 1. The quantitative estimate of drug-likeness (QED) is 0.868. The van der Waals surface area contributed by atoms with Crippen molar-refractivity contribution < 1.29 is 9.47 Å². The van der Waals surface area contributed by atoms with Gasteiger partial charge in [-0.15, -0.1) is 0 Å². The second-order valence-electron chi connectivity index (χ2n) is 6.99. The van der Waals surface area contributed by atoms with Crippen LogP contribution in [0.5, 0.6) is 5.75 Å². The van der Waals surface area contributed by atoms with Gasteiger partial charge >= 0.3 is 0 Å². The third-order valence-electron chi connectivity index (χ3n) is 5.20. The Kier molecular flexibility index (Phi) is 5.58. The highest BCUT2D eigenvalue weighted by molar-refractivity contribution is 5.52. The van der Waals surface area contributed by atoms with Crippen molar-refractivity contribution >= 4 is 17.3 Å². The standard InChI is InChI=1S/C20H27N5O2/c1-26-18-6-4-17(5-7-18)25-8-2-3-16(14-25)23-19-13-20(22-15-21-19)24-9-11-27-12-10-24/h4-7,13,15-16H,2-3,8-12,14H2,1H3,(H,21,22,23)/t16-/m1/s1. The van der Waals surface area contributed by atoms with Crippen molar-refractivity contribution in [2.24, 2.45) is 0 Å². The summed E-state index contributed by atoms with van der Waals surface area (Å²) in [5.74, 6) is 2.76. The fourth-order valence-electron chi connectivity index (χ4n) is 3.72. The molecular weight excluding hydrogens is 342 g/mol. The molecule has 27 heavy (non-hydrogen) atoms. The molecule has 2 aromatic rings. The van der Waals surface area contributed by atoms with E-state index in [1.807, 2.05) is 12.1 Å². The maximum atomic E-state index is 5.43. The van der Waals surface area contributed by atoms with Crippen LogP contribution in [0, 0.1) is 0 Å². The fourth-order valence-corrected chi connectivity index (χ4v) is 3.72. The summed E-state index contributed by atoms with van der Waals surface area (Å²) in [6.45, 7) is 5.31. The maximum absolute atomic E-state index is 5.43. The summed E-state index contributed by atoms with van der Waals surface area (Å²) in [5, 5.41) is 3.61. The van der Waals surface area contributed by atoms with Crippen LogP contribution < -0.4 is 19.9 Å². The van der Waals surface area contributed by atoms with Crippen LogP contribution in [-0.2, 0) is 4.74 Å². The first-order chi connectivity index (χ1) is 13.3. The zero-order chi connectivity index (χ0) is 18.5. The predicted molar refractivity (Wildman–Crippen MR) is 107 cm³/mol. The van der Waals surface area contributed by atoms with Gasteiger partial charge in [-0.1, -0.05) is 0 Å². The molecule has 1 N–H and O–H groups in total. The number of hydrogen-bond acceptors (Lipinski definition) is 7. The zero-order valence-electron chi connectivity index (χ0n) is 15.8. The summed E-state index contributed by atoms with van der Waals surface area (Å²) in [7, 11) is 1.70. The molecular formula is C20H27N5O2. The van der Waals surface area contributed by atoms with Crippen LogP contribution in [0.25, 0.3) is 0 Å². The Morgan fingerprint density at radius 3 is 2.67 bits per heavy atom. The first kappa shape index (κ1) is 17.9. The Morgan fingerprint density at radius 1 is 1.07 bits per heavy atom. The van der Waals surface area contributed by atoms with E-state index in [0.717, 1.165) is 69.6 Å². The van der Waals surface area contributed by atoms with Gasteiger partial charge in [0.1, 0.15) is 23.7 Å². The minimum atomic E-state index is 0.369. The lowest BCUT2D eigenvalue weighted by Gasteiger charge is -2.35. The third kappa shape index (κ3) is 4.42. The summed E-state index contributed by atoms with van der Waals surface area (Å²) in [4.78, 5) is 13.5. The second kappa shape index (κ2) is 8.43. The van der Waals surface area contributed by atoms with Crippen LogP contribution in [0.1, 0.15) is 12.8 Å². The number of benzene rings is 1. The van der Waals surface area contributed by atoms with E-state index in [1.54, 1.807) is 13.4 Å². The molecule has 3 heterocycles. The Bertz CT molecular complexity index is 733. The van der Waals surface area contributed by atoms with Gasteiger partial charge in [0.05, 0.1) is 20.3 Å². The Hall–Kier alpha value is -2.54. The van der Waals surface area contributed by atoms with Gasteiger partial charge in [-0.05, 0) is 37.1 Å². The Balaban J connectivity index is 1.40. The molecule has 4 rings (SSSR count). The van der Waals surface area contributed by atoms with Gasteiger partial charge in [-0.2, -0.15) is 0 Å². The number of nitrogens with zero attached hydrogens (tertiary/aromatic N) is 4. The van der Waals surface area contributed by atoms with Crippen molar-refractivity contribution in [1.82, 2.24) is 9.97 Å². The average molecular weight is 369 g/mol. The highest BCUT2D eigenvalue weighted by Gasteiger charge is 2.21. The molecule has 0 aliphatic carbocycles. The zero-order valence-corrected chi connectivity index (χ0v) is 15.8. The molecule has 1 aromatic heterocycles. The van der Waals surface area contributed by atoms with Crippen LogP contribution >= 0.6 is 0 Å². The number of piperidine rings is 1. The number of nitrogens with one attached hydrogen (secondary N) is 1. The molecule has 0 unspecified atom stereocenters. The molecule has 7 heteroatoms. The average Bonchev–Trinajstić information content (AvgIpc) is 2.75. The van der Waals surface area contributed by atoms with E-state index < -0.39 is 0 Å². The number of hydrogen-bond donors (Lipinski definition) is 1. The summed E-state index contributed by atoms with van der Waals surface area (Å²) in [5.41, 5.74) is 1.24. The second-order valence-corrected chi connectivity index (χ2v) is 6.99. The minimum absolute atomic E-state index is 0.369. The van der Waals surface area contributed by atoms with Crippen LogP contribution in [0.15, 0.2) is 36.7 Å². The number of anilines is 3. The predicted octanol–water partition coefficient (Wildman–Crippen LogP) is 2.40. The summed E-state index contributed by atoms with van der Waals surface area (Å²) >= 11 is 0. The van der Waals surface area contributed by atoms with E-state index in [1.165, 1.54) is 5.69 Å². The number of rotatable bonds is 5. The van der Waals surface area contributed by atoms with E-state index in [4.69, 9.17) is 9.47 Å². The lowest BCUT2D eigenvalue weighted by molar-refractivity contribution is 0.122. The van der Waals surface area contributed by atoms with Crippen LogP contribution in [0.2, 0.25) is 0 Å². The van der Waals surface area contributed by atoms with E-state index in [-0.39, 0.29) is 0 Å². The van der Waals surface area contributed by atoms with Crippen molar-refractivity contribution in [3.63, 3.8) is 0 Å². The van der Waals surface area contributed by atoms with Gasteiger partial charge in [0.25, 0.3) is 0 Å². The SMILES string of the molecule is COc1ccc(N2CCC[C@@H](Nc3cc(N4CCOCC4)ncn3)C2)cc1. The lowest BCUT2D eigenvalue weighted by Crippen LogP contribution is -2.42. The van der Waals surface area contributed by atoms with Crippen molar-refractivity contribution in [2.75, 3.05) is 61.6 Å². The van der Waals surface area contributed by atoms with E-state index in [2.05, 4.69) is 43.3 Å². The van der Waals surface area contributed by atoms with Crippen LogP contribution in [0.4, 0.5) is 17.3 Å². The molecule has 7 nitrogen and oxygen atoms in total. The van der Waals surface area contributed by atoms with Gasteiger partial charge in [-0.25, -0.2) is 9.97 Å². The topological polar surface area (TPSA) is 62.8 Å². The van der Waals surface area contributed by atoms with Crippen LogP contribution in [0.3, 0.4) is 0 Å². The number of aromatic nitrogens is 2. The lowest BCUT2D eigenvalue weighted by atomic mass is 10.0. The van der Waals surface area contributed by atoms with E-state index in [0.29, 0.717) is 6.04 Å². The van der Waals surface area contributed by atoms with Gasteiger partial charge in [0.15, 0.2) is 0 Å². The molecule has 0 saturated carbocycles. The summed E-state index contributed by atoms with van der Waals surface area (Å²) in [6, 6.07) is 10.7. The van der Waals surface area contributed by atoms with Crippen molar-refractivity contribution in [3.8, 4) is 5.75 Å². The van der Waals surface area contributed by atoms with Gasteiger partial charge in [0.2, 0.25) is 0 Å². The van der Waals surface area contributed by atoms with Gasteiger partial charge in [0, 0.05) is 44.0 Å². The summed E-state index contributed by atoms with van der Waals surface area (Å²) < 4.78 is 10.7. The Morgan fingerprint density at radius 2 is 1.89 bits per heavy atom. The fraction of sp³-hybridized carbons (Fsp3) is 0.500. The van der Waals surface area contributed by atoms with E-state index >= 15 is 0 Å². The normalized spacial score (nSPS) is 20.4. The third-order valence-corrected chi connectivity index (χ3v) is 5.20. The molecule has 2 saturated heterocycles. The Labute approximate surface area is 160 Å². The first-order valence-corrected chi connectivity index (χ1v) is 9.62. The molecule has 2 aliphatic heterocycles. The minimum Gasteiger partial charge on any atom is -0.497 e. The number of methoxy groups -OCH3 is 1. The molecule has 1 aromatic carbocycles. The smallest absolute Gasteiger partial charge is 0.134 e. The molecule has 1 atom stereocenters. The largest absolute Gasteiger partial charge is 0.497 e. The van der Waals surface area contributed by atoms with E-state index in [9.17, 15) is 0 Å². The van der Waals surface area contributed by atoms with Gasteiger partial charge < -0.3 is 24.6 Å². The molecule has 2 aliphatic rings. The van der Waals surface area contributed by atoms with Gasteiger partial charge in [-0.3, -0.25) is 0 Å². The maximum Gasteiger partial charge on any atom is 0.134 e. The van der Waals surface area contributed by atoms with Crippen molar-refractivity contribution in [2.45, 2.75) is 18.9 Å². The van der Waals surface area contributed by atoms with Crippen molar-refractivity contribution in [1.29, 1.82) is 0 Å². The highest BCUT2D eigenvalue weighted by Crippen LogP contribution is 2.24. The number of ether oxygens (including phenoxy) is 2. The molecule has 0 spiro atoms. The van der Waals surface area contributed by atoms with Crippen molar-refractivity contribution in [3.05, 3.63) is 36.7 Å². The molecule has 144 valence electrons. The molecule has 0 amide bonds.